The van der Waals surface area contributed by atoms with Gasteiger partial charge in [-0.25, -0.2) is 9.97 Å². The fourth-order valence-corrected chi connectivity index (χ4v) is 1.67. The van der Waals surface area contributed by atoms with Crippen molar-refractivity contribution in [2.24, 2.45) is 0 Å². The summed E-state index contributed by atoms with van der Waals surface area (Å²) < 4.78 is 5.42. The van der Waals surface area contributed by atoms with Gasteiger partial charge >= 0.3 is 0 Å². The van der Waals surface area contributed by atoms with Crippen LogP contribution in [-0.2, 0) is 4.74 Å². The number of nitrogens with zero attached hydrogens (tertiary/aromatic N) is 2. The topological polar surface area (TPSA) is 76.1 Å². The number of amides is 1. The van der Waals surface area contributed by atoms with E-state index in [0.29, 0.717) is 12.4 Å². The first-order valence-corrected chi connectivity index (χ1v) is 5.73. The van der Waals surface area contributed by atoms with Crippen LogP contribution in [0.15, 0.2) is 12.3 Å². The molecule has 0 aliphatic carbocycles. The van der Waals surface area contributed by atoms with Crippen LogP contribution in [0.1, 0.15) is 29.9 Å². The van der Waals surface area contributed by atoms with Crippen molar-refractivity contribution >= 4 is 11.7 Å². The van der Waals surface area contributed by atoms with Crippen molar-refractivity contribution in [3.05, 3.63) is 18.1 Å². The van der Waals surface area contributed by atoms with Crippen LogP contribution in [0.5, 0.6) is 0 Å². The Bertz CT molecular complexity index is 391. The molecule has 2 rings (SSSR count). The lowest BCUT2D eigenvalue weighted by Crippen LogP contribution is -2.39. The zero-order valence-electron chi connectivity index (χ0n) is 9.77. The molecule has 6 nitrogen and oxygen atoms in total. The minimum absolute atomic E-state index is 0.158. The van der Waals surface area contributed by atoms with E-state index in [4.69, 9.17) is 4.74 Å². The predicted molar refractivity (Wildman–Crippen MR) is 62.6 cm³/mol. The summed E-state index contributed by atoms with van der Waals surface area (Å²) in [6, 6.07) is 1.70. The van der Waals surface area contributed by atoms with Crippen LogP contribution in [-0.4, -0.2) is 35.8 Å². The molecule has 6 heteroatoms. The average molecular weight is 236 g/mol. The molecule has 1 unspecified atom stereocenters. The molecule has 0 aromatic carbocycles. The molecule has 1 fully saturated rings. The molecule has 0 spiro atoms. The second kappa shape index (κ2) is 5.58. The van der Waals surface area contributed by atoms with E-state index in [1.807, 2.05) is 0 Å². The number of hydrogen-bond donors (Lipinski definition) is 2. The van der Waals surface area contributed by atoms with Gasteiger partial charge in [-0.1, -0.05) is 0 Å². The van der Waals surface area contributed by atoms with E-state index in [9.17, 15) is 4.79 Å². The molecule has 2 heterocycles. The van der Waals surface area contributed by atoms with Gasteiger partial charge in [-0.2, -0.15) is 0 Å². The molecule has 0 saturated carbocycles. The summed E-state index contributed by atoms with van der Waals surface area (Å²) >= 11 is 0. The van der Waals surface area contributed by atoms with E-state index in [0.717, 1.165) is 19.3 Å². The molecule has 0 radical (unpaired) electrons. The second-order valence-corrected chi connectivity index (χ2v) is 3.84. The third-order valence-electron chi connectivity index (χ3n) is 2.59. The van der Waals surface area contributed by atoms with Gasteiger partial charge in [-0.05, 0) is 25.3 Å². The molecule has 0 bridgehead atoms. The van der Waals surface area contributed by atoms with Gasteiger partial charge in [-0.3, -0.25) is 4.79 Å². The minimum atomic E-state index is -0.297. The summed E-state index contributed by atoms with van der Waals surface area (Å²) in [5.74, 6) is 0.481. The van der Waals surface area contributed by atoms with Gasteiger partial charge < -0.3 is 15.4 Å². The molecule has 2 N–H and O–H groups in total. The van der Waals surface area contributed by atoms with Crippen LogP contribution in [0.2, 0.25) is 0 Å². The smallest absolute Gasteiger partial charge is 0.291 e. The summed E-state index contributed by atoms with van der Waals surface area (Å²) in [4.78, 5) is 19.8. The SMILES string of the molecule is CNc1ccnc(C(=O)NC2CCCCO2)n1. The lowest BCUT2D eigenvalue weighted by atomic mass is 10.2. The number of carbonyl (C=O) groups excluding carboxylic acids is 1. The monoisotopic (exact) mass is 236 g/mol. The molecule has 1 aliphatic heterocycles. The number of ether oxygens (including phenoxy) is 1. The highest BCUT2D eigenvalue weighted by molar-refractivity contribution is 5.90. The zero-order chi connectivity index (χ0) is 12.1. The Morgan fingerprint density at radius 1 is 1.53 bits per heavy atom. The van der Waals surface area contributed by atoms with Gasteiger partial charge in [0.05, 0.1) is 0 Å². The van der Waals surface area contributed by atoms with Gasteiger partial charge in [0.1, 0.15) is 12.0 Å². The lowest BCUT2D eigenvalue weighted by Gasteiger charge is -2.23. The van der Waals surface area contributed by atoms with Crippen molar-refractivity contribution in [1.82, 2.24) is 15.3 Å². The van der Waals surface area contributed by atoms with Crippen molar-refractivity contribution in [2.75, 3.05) is 19.0 Å². The van der Waals surface area contributed by atoms with Crippen molar-refractivity contribution in [2.45, 2.75) is 25.5 Å². The average Bonchev–Trinajstić information content (AvgIpc) is 2.40. The van der Waals surface area contributed by atoms with Gasteiger partial charge in [0, 0.05) is 19.9 Å². The predicted octanol–water partition coefficient (Wildman–Crippen LogP) is 0.775. The number of hydrogen-bond acceptors (Lipinski definition) is 5. The Morgan fingerprint density at radius 2 is 2.41 bits per heavy atom. The standard InChI is InChI=1S/C11H16N4O2/c1-12-8-5-6-13-10(14-8)11(16)15-9-4-2-3-7-17-9/h5-6,9H,2-4,7H2,1H3,(H,15,16)(H,12,13,14). The van der Waals surface area contributed by atoms with Crippen molar-refractivity contribution in [1.29, 1.82) is 0 Å². The first kappa shape index (κ1) is 11.8. The molecule has 1 aromatic rings. The van der Waals surface area contributed by atoms with E-state index in [2.05, 4.69) is 20.6 Å². The molecule has 1 amide bonds. The first-order valence-electron chi connectivity index (χ1n) is 5.73. The summed E-state index contributed by atoms with van der Waals surface area (Å²) in [6.45, 7) is 0.697. The van der Waals surface area contributed by atoms with Crippen LogP contribution in [0.4, 0.5) is 5.82 Å². The number of nitrogens with one attached hydrogen (secondary N) is 2. The van der Waals surface area contributed by atoms with Gasteiger partial charge in [-0.15, -0.1) is 0 Å². The maximum Gasteiger partial charge on any atom is 0.291 e. The Kier molecular flexibility index (Phi) is 3.87. The van der Waals surface area contributed by atoms with Crippen LogP contribution in [0.3, 0.4) is 0 Å². The number of aromatic nitrogens is 2. The fraction of sp³-hybridized carbons (Fsp3) is 0.545. The molecule has 17 heavy (non-hydrogen) atoms. The van der Waals surface area contributed by atoms with E-state index < -0.39 is 0 Å². The summed E-state index contributed by atoms with van der Waals surface area (Å²) in [7, 11) is 1.74. The van der Waals surface area contributed by atoms with Crippen molar-refractivity contribution in [3.63, 3.8) is 0 Å². The Morgan fingerprint density at radius 3 is 3.12 bits per heavy atom. The van der Waals surface area contributed by atoms with Gasteiger partial charge in [0.15, 0.2) is 0 Å². The van der Waals surface area contributed by atoms with E-state index in [1.165, 1.54) is 0 Å². The largest absolute Gasteiger partial charge is 0.373 e. The third kappa shape index (κ3) is 3.13. The number of anilines is 1. The van der Waals surface area contributed by atoms with Gasteiger partial charge in [0.25, 0.3) is 5.91 Å². The quantitative estimate of drug-likeness (QED) is 0.811. The molecular weight excluding hydrogens is 220 g/mol. The molecule has 1 saturated heterocycles. The highest BCUT2D eigenvalue weighted by atomic mass is 16.5. The molecule has 1 aliphatic rings. The van der Waals surface area contributed by atoms with Crippen molar-refractivity contribution in [3.8, 4) is 0 Å². The lowest BCUT2D eigenvalue weighted by molar-refractivity contribution is -0.00292. The first-order chi connectivity index (χ1) is 8.29. The maximum absolute atomic E-state index is 11.8. The van der Waals surface area contributed by atoms with E-state index >= 15 is 0 Å². The normalized spacial score (nSPS) is 19.7. The Labute approximate surface area is 99.8 Å². The molecule has 1 aromatic heterocycles. The Balaban J connectivity index is 1.98. The van der Waals surface area contributed by atoms with Crippen LogP contribution in [0.25, 0.3) is 0 Å². The summed E-state index contributed by atoms with van der Waals surface area (Å²) in [6.07, 6.45) is 4.31. The molecule has 92 valence electrons. The van der Waals surface area contributed by atoms with E-state index in [1.54, 1.807) is 19.3 Å². The van der Waals surface area contributed by atoms with Crippen LogP contribution < -0.4 is 10.6 Å². The molecule has 1 atom stereocenters. The Hall–Kier alpha value is -1.69. The van der Waals surface area contributed by atoms with Crippen molar-refractivity contribution < 1.29 is 9.53 Å². The van der Waals surface area contributed by atoms with E-state index in [-0.39, 0.29) is 18.0 Å². The fourth-order valence-electron chi connectivity index (χ4n) is 1.67. The zero-order valence-corrected chi connectivity index (χ0v) is 9.77. The van der Waals surface area contributed by atoms with Crippen LogP contribution >= 0.6 is 0 Å². The third-order valence-corrected chi connectivity index (χ3v) is 2.59. The summed E-state index contributed by atoms with van der Waals surface area (Å²) in [5, 5.41) is 5.64. The highest BCUT2D eigenvalue weighted by Gasteiger charge is 2.18. The number of rotatable bonds is 3. The van der Waals surface area contributed by atoms with Crippen LogP contribution in [0, 0.1) is 0 Å². The number of carbonyl (C=O) groups is 1. The summed E-state index contributed by atoms with van der Waals surface area (Å²) in [5.41, 5.74) is 0. The maximum atomic E-state index is 11.8. The minimum Gasteiger partial charge on any atom is -0.373 e. The second-order valence-electron chi connectivity index (χ2n) is 3.84. The highest BCUT2D eigenvalue weighted by Crippen LogP contribution is 2.10. The van der Waals surface area contributed by atoms with Gasteiger partial charge in [0.2, 0.25) is 5.82 Å². The molecular formula is C11H16N4O2.